The predicted octanol–water partition coefficient (Wildman–Crippen LogP) is 13.4. The van der Waals surface area contributed by atoms with Crippen molar-refractivity contribution in [3.63, 3.8) is 0 Å². The lowest BCUT2D eigenvalue weighted by molar-refractivity contribution is -0.169. The molecule has 1 atom stereocenters. The SMILES string of the molecule is CCCCC/C=C\CCCOC(=O)CCCCCN(CCCCCCCC(=O)OC(CCCCCCCC)CCCCCCCC)CCn1cc(COC2CCCCO2)nn1. The van der Waals surface area contributed by atoms with E-state index in [9.17, 15) is 9.59 Å². The van der Waals surface area contributed by atoms with Crippen LogP contribution in [0.4, 0.5) is 0 Å². The average Bonchev–Trinajstić information content (AvgIpc) is 3.73. The van der Waals surface area contributed by atoms with E-state index < -0.39 is 0 Å². The standard InChI is InChI=1S/C51H94N4O6/c1-4-7-10-13-16-17-23-32-43-58-49(56)36-28-24-31-40-54(41-42-55-45-47(52-53-55)46-60-51-38-29-33-44-59-51)39-30-22-18-21-27-37-50(57)61-48(34-25-19-14-11-8-5-2)35-26-20-15-12-9-6-3/h16-17,45,48,51H,4-15,18-44,46H2,1-3H3/b17-16-. The Labute approximate surface area is 374 Å². The van der Waals surface area contributed by atoms with Crippen LogP contribution in [0.1, 0.15) is 238 Å². The topological polar surface area (TPSA) is 105 Å². The Bertz CT molecular complexity index is 1160. The number of hydrogen-bond donors (Lipinski definition) is 0. The molecule has 1 fully saturated rings. The monoisotopic (exact) mass is 859 g/mol. The maximum atomic E-state index is 12.9. The fraction of sp³-hybridized carbons (Fsp3) is 0.882. The fourth-order valence-electron chi connectivity index (χ4n) is 8.05. The molecule has 0 N–H and O–H groups in total. The second-order valence-corrected chi connectivity index (χ2v) is 17.8. The number of nitrogens with zero attached hydrogens (tertiary/aromatic N) is 4. The average molecular weight is 859 g/mol. The zero-order chi connectivity index (χ0) is 43.7. The first-order chi connectivity index (χ1) is 30.0. The maximum Gasteiger partial charge on any atom is 0.306 e. The summed E-state index contributed by atoms with van der Waals surface area (Å²) in [5.41, 5.74) is 0.835. The first-order valence-corrected chi connectivity index (χ1v) is 25.9. The molecule has 0 aliphatic carbocycles. The number of aromatic nitrogens is 3. The molecule has 2 rings (SSSR count). The number of carbonyl (C=O) groups excluding carboxylic acids is 2. The van der Waals surface area contributed by atoms with Gasteiger partial charge < -0.3 is 23.8 Å². The Morgan fingerprint density at radius 1 is 0.705 bits per heavy atom. The number of esters is 2. The minimum atomic E-state index is -0.135. The first-order valence-electron chi connectivity index (χ1n) is 25.9. The summed E-state index contributed by atoms with van der Waals surface area (Å²) >= 11 is 0. The van der Waals surface area contributed by atoms with Crippen LogP contribution in [0.15, 0.2) is 18.3 Å². The van der Waals surface area contributed by atoms with Crippen LogP contribution >= 0.6 is 0 Å². The molecule has 1 aliphatic heterocycles. The van der Waals surface area contributed by atoms with E-state index in [1.54, 1.807) is 0 Å². The molecule has 0 amide bonds. The van der Waals surface area contributed by atoms with Gasteiger partial charge in [-0.1, -0.05) is 141 Å². The van der Waals surface area contributed by atoms with Crippen molar-refractivity contribution in [3.05, 3.63) is 24.0 Å². The lowest BCUT2D eigenvalue weighted by Gasteiger charge is -2.22. The zero-order valence-electron chi connectivity index (χ0n) is 39.9. The molecular formula is C51H94N4O6. The molecule has 10 heteroatoms. The highest BCUT2D eigenvalue weighted by Crippen LogP contribution is 2.19. The highest BCUT2D eigenvalue weighted by molar-refractivity contribution is 5.69. The van der Waals surface area contributed by atoms with Crippen molar-refractivity contribution in [2.75, 3.05) is 32.8 Å². The lowest BCUT2D eigenvalue weighted by atomic mass is 10.0. The summed E-state index contributed by atoms with van der Waals surface area (Å²) in [4.78, 5) is 27.8. The van der Waals surface area contributed by atoms with Crippen LogP contribution in [0.25, 0.3) is 0 Å². The number of allylic oxidation sites excluding steroid dienone is 2. The molecular weight excluding hydrogens is 765 g/mol. The number of carbonyl (C=O) groups is 2. The molecule has 1 aliphatic rings. The number of unbranched alkanes of at least 4 members (excludes halogenated alkanes) is 20. The van der Waals surface area contributed by atoms with Gasteiger partial charge in [0.15, 0.2) is 6.29 Å². The van der Waals surface area contributed by atoms with Crippen LogP contribution < -0.4 is 0 Å². The van der Waals surface area contributed by atoms with Gasteiger partial charge in [0.2, 0.25) is 0 Å². The molecule has 354 valence electrons. The second-order valence-electron chi connectivity index (χ2n) is 17.8. The number of hydrogen-bond acceptors (Lipinski definition) is 9. The maximum absolute atomic E-state index is 12.9. The van der Waals surface area contributed by atoms with E-state index in [0.717, 1.165) is 141 Å². The Morgan fingerprint density at radius 2 is 1.28 bits per heavy atom. The summed E-state index contributed by atoms with van der Waals surface area (Å²) in [6.07, 6.45) is 43.1. The summed E-state index contributed by atoms with van der Waals surface area (Å²) in [5.74, 6) is -0.0633. The van der Waals surface area contributed by atoms with Gasteiger partial charge in [0.25, 0.3) is 0 Å². The van der Waals surface area contributed by atoms with Crippen LogP contribution in [0.3, 0.4) is 0 Å². The van der Waals surface area contributed by atoms with Crippen molar-refractivity contribution < 1.29 is 28.5 Å². The van der Waals surface area contributed by atoms with Crippen LogP contribution in [0.2, 0.25) is 0 Å². The summed E-state index contributed by atoms with van der Waals surface area (Å²) in [6, 6.07) is 0. The molecule has 0 radical (unpaired) electrons. The van der Waals surface area contributed by atoms with Crippen molar-refractivity contribution in [1.29, 1.82) is 0 Å². The van der Waals surface area contributed by atoms with Gasteiger partial charge in [-0.2, -0.15) is 0 Å². The van der Waals surface area contributed by atoms with E-state index >= 15 is 0 Å². The van der Waals surface area contributed by atoms with E-state index in [1.165, 1.54) is 96.3 Å². The summed E-state index contributed by atoms with van der Waals surface area (Å²) in [6.45, 7) is 12.1. The van der Waals surface area contributed by atoms with Crippen molar-refractivity contribution in [3.8, 4) is 0 Å². The summed E-state index contributed by atoms with van der Waals surface area (Å²) < 4.78 is 25.1. The van der Waals surface area contributed by atoms with Gasteiger partial charge in [0, 0.05) is 26.0 Å². The van der Waals surface area contributed by atoms with Gasteiger partial charge in [0.1, 0.15) is 11.8 Å². The molecule has 0 spiro atoms. The van der Waals surface area contributed by atoms with Crippen LogP contribution in [0, 0.1) is 0 Å². The fourth-order valence-corrected chi connectivity index (χ4v) is 8.05. The summed E-state index contributed by atoms with van der Waals surface area (Å²) in [7, 11) is 0. The van der Waals surface area contributed by atoms with Gasteiger partial charge in [0.05, 0.1) is 26.0 Å². The van der Waals surface area contributed by atoms with Gasteiger partial charge in [-0.25, -0.2) is 0 Å². The molecule has 1 saturated heterocycles. The van der Waals surface area contributed by atoms with Crippen molar-refractivity contribution >= 4 is 11.9 Å². The zero-order valence-corrected chi connectivity index (χ0v) is 39.9. The molecule has 1 aromatic heterocycles. The quantitative estimate of drug-likeness (QED) is 0.0360. The van der Waals surface area contributed by atoms with Gasteiger partial charge in [-0.3, -0.25) is 14.3 Å². The largest absolute Gasteiger partial charge is 0.466 e. The minimum absolute atomic E-state index is 0.00692. The molecule has 1 aromatic rings. The predicted molar refractivity (Wildman–Crippen MR) is 250 cm³/mol. The van der Waals surface area contributed by atoms with E-state index in [0.29, 0.717) is 26.1 Å². The Kier molecular flexibility index (Phi) is 36.4. The molecule has 0 aromatic carbocycles. The van der Waals surface area contributed by atoms with E-state index in [1.807, 2.05) is 10.9 Å². The number of rotatable bonds is 43. The Morgan fingerprint density at radius 3 is 1.93 bits per heavy atom. The first kappa shape index (κ1) is 54.8. The third kappa shape index (κ3) is 33.0. The summed E-state index contributed by atoms with van der Waals surface area (Å²) in [5, 5.41) is 8.73. The highest BCUT2D eigenvalue weighted by Gasteiger charge is 2.16. The van der Waals surface area contributed by atoms with E-state index in [-0.39, 0.29) is 24.3 Å². The lowest BCUT2D eigenvalue weighted by Crippen LogP contribution is -2.30. The Balaban J connectivity index is 1.70. The van der Waals surface area contributed by atoms with E-state index in [4.69, 9.17) is 18.9 Å². The minimum Gasteiger partial charge on any atom is -0.466 e. The van der Waals surface area contributed by atoms with Crippen LogP contribution in [-0.4, -0.2) is 77.1 Å². The molecule has 10 nitrogen and oxygen atoms in total. The van der Waals surface area contributed by atoms with Crippen LogP contribution in [-0.2, 0) is 41.7 Å². The van der Waals surface area contributed by atoms with Gasteiger partial charge in [-0.05, 0) is 109 Å². The molecule has 0 bridgehead atoms. The normalized spacial score (nSPS) is 14.5. The molecule has 2 heterocycles. The van der Waals surface area contributed by atoms with Crippen molar-refractivity contribution in [2.24, 2.45) is 0 Å². The van der Waals surface area contributed by atoms with Crippen molar-refractivity contribution in [2.45, 2.75) is 258 Å². The van der Waals surface area contributed by atoms with Crippen LogP contribution in [0.5, 0.6) is 0 Å². The third-order valence-electron chi connectivity index (χ3n) is 12.0. The smallest absolute Gasteiger partial charge is 0.306 e. The van der Waals surface area contributed by atoms with Gasteiger partial charge >= 0.3 is 11.9 Å². The van der Waals surface area contributed by atoms with Gasteiger partial charge in [-0.15, -0.1) is 5.10 Å². The van der Waals surface area contributed by atoms with E-state index in [2.05, 4.69) is 48.1 Å². The Hall–Kier alpha value is -2.30. The number of ether oxygens (including phenoxy) is 4. The molecule has 1 unspecified atom stereocenters. The second kappa shape index (κ2) is 40.5. The molecule has 0 saturated carbocycles. The highest BCUT2D eigenvalue weighted by atomic mass is 16.7. The van der Waals surface area contributed by atoms with Crippen molar-refractivity contribution in [1.82, 2.24) is 19.9 Å². The molecule has 61 heavy (non-hydrogen) atoms. The third-order valence-corrected chi connectivity index (χ3v) is 12.0.